The topological polar surface area (TPSA) is 107 Å². The molecule has 0 aliphatic heterocycles. The molecular formula is C20H32O9. The maximum atomic E-state index is 11.0. The van der Waals surface area contributed by atoms with Gasteiger partial charge in [0, 0.05) is 18.1 Å². The molecule has 9 nitrogen and oxygen atoms in total. The molecule has 0 unspecified atom stereocenters. The highest BCUT2D eigenvalue weighted by molar-refractivity contribution is 5.87. The Labute approximate surface area is 172 Å². The van der Waals surface area contributed by atoms with E-state index < -0.39 is 11.9 Å². The smallest absolute Gasteiger partial charge is 0.333 e. The largest absolute Gasteiger partial charge is 0.460 e. The predicted octanol–water partition coefficient (Wildman–Crippen LogP) is 1.97. The first kappa shape index (κ1) is 28.7. The average molecular weight is 416 g/mol. The minimum absolute atomic E-state index is 0.192. The van der Waals surface area contributed by atoms with Crippen LogP contribution in [0.5, 0.6) is 0 Å². The molecule has 0 aromatic carbocycles. The molecule has 0 radical (unpaired) electrons. The summed E-state index contributed by atoms with van der Waals surface area (Å²) < 4.78 is 29.6. The summed E-state index contributed by atoms with van der Waals surface area (Å²) in [4.78, 5) is 31.8. The Balaban J connectivity index is 0. The fourth-order valence-corrected chi connectivity index (χ4v) is 1.29. The van der Waals surface area contributed by atoms with E-state index in [1.54, 1.807) is 13.8 Å². The first-order valence-corrected chi connectivity index (χ1v) is 8.89. The van der Waals surface area contributed by atoms with Gasteiger partial charge in [0.25, 0.3) is 0 Å². The zero-order valence-electron chi connectivity index (χ0n) is 17.5. The minimum Gasteiger partial charge on any atom is -0.460 e. The van der Waals surface area contributed by atoms with Gasteiger partial charge in [-0.1, -0.05) is 19.7 Å². The Morgan fingerprint density at radius 2 is 0.966 bits per heavy atom. The fourth-order valence-electron chi connectivity index (χ4n) is 1.29. The maximum Gasteiger partial charge on any atom is 0.333 e. The van der Waals surface area contributed by atoms with Gasteiger partial charge in [-0.3, -0.25) is 4.79 Å². The van der Waals surface area contributed by atoms with Gasteiger partial charge in [-0.15, -0.1) is 0 Å². The van der Waals surface area contributed by atoms with Crippen LogP contribution in [0.25, 0.3) is 0 Å². The first-order valence-electron chi connectivity index (χ1n) is 8.89. The standard InChI is InChI=1S/C16H26O7.C4H6O2/c1-13(2)15(17)22-11-9-20-7-5-19-6-8-21-10-12-23-16(18)14(3)4;1-3-6-4(2)5/h1,3,5-12H2,2,4H3;3H,1H2,2H3. The lowest BCUT2D eigenvalue weighted by Crippen LogP contribution is -2.15. The van der Waals surface area contributed by atoms with E-state index in [-0.39, 0.29) is 19.2 Å². The molecule has 0 aliphatic rings. The SMILES string of the molecule is C=C(C)C(=O)OCCOCCOCCOCCOC(=O)C(=C)C.C=COC(C)=O. The van der Waals surface area contributed by atoms with Crippen LogP contribution in [-0.4, -0.2) is 70.8 Å². The van der Waals surface area contributed by atoms with Crippen molar-refractivity contribution in [3.8, 4) is 0 Å². The molecule has 166 valence electrons. The lowest BCUT2D eigenvalue weighted by molar-refractivity contribution is -0.141. The monoisotopic (exact) mass is 416 g/mol. The third-order valence-electron chi connectivity index (χ3n) is 2.61. The summed E-state index contributed by atoms with van der Waals surface area (Å²) in [6.07, 6.45) is 1.10. The van der Waals surface area contributed by atoms with E-state index in [4.69, 9.17) is 23.7 Å². The van der Waals surface area contributed by atoms with Crippen molar-refractivity contribution >= 4 is 17.9 Å². The molecule has 0 saturated carbocycles. The zero-order chi connectivity index (χ0) is 22.5. The molecule has 0 aliphatic carbocycles. The average Bonchev–Trinajstić information content (AvgIpc) is 2.65. The Morgan fingerprint density at radius 1 is 0.655 bits per heavy atom. The molecule has 0 fully saturated rings. The summed E-state index contributed by atoms with van der Waals surface area (Å²) in [6, 6.07) is 0. The second-order valence-electron chi connectivity index (χ2n) is 5.45. The molecule has 0 bridgehead atoms. The van der Waals surface area contributed by atoms with Gasteiger partial charge in [0.15, 0.2) is 0 Å². The third-order valence-corrected chi connectivity index (χ3v) is 2.61. The quantitative estimate of drug-likeness (QED) is 0.130. The Kier molecular flexibility index (Phi) is 20.1. The number of ether oxygens (including phenoxy) is 6. The van der Waals surface area contributed by atoms with Crippen molar-refractivity contribution in [3.05, 3.63) is 37.1 Å². The highest BCUT2D eigenvalue weighted by Crippen LogP contribution is 1.92. The van der Waals surface area contributed by atoms with Crippen molar-refractivity contribution in [2.45, 2.75) is 20.8 Å². The Hall–Kier alpha value is -2.49. The molecule has 0 heterocycles. The summed E-state index contributed by atoms with van der Waals surface area (Å²) >= 11 is 0. The summed E-state index contributed by atoms with van der Waals surface area (Å²) in [7, 11) is 0. The van der Waals surface area contributed by atoms with Crippen LogP contribution in [-0.2, 0) is 42.8 Å². The summed E-state index contributed by atoms with van der Waals surface area (Å²) in [5.74, 6) is -1.17. The van der Waals surface area contributed by atoms with Crippen LogP contribution in [0, 0.1) is 0 Å². The molecule has 29 heavy (non-hydrogen) atoms. The van der Waals surface area contributed by atoms with Gasteiger partial charge in [-0.25, -0.2) is 9.59 Å². The number of esters is 3. The number of rotatable bonds is 15. The van der Waals surface area contributed by atoms with Gasteiger partial charge in [-0.05, 0) is 13.8 Å². The van der Waals surface area contributed by atoms with Crippen LogP contribution >= 0.6 is 0 Å². The van der Waals surface area contributed by atoms with E-state index in [9.17, 15) is 14.4 Å². The summed E-state index contributed by atoms with van der Waals surface area (Å²) in [6.45, 7) is 17.2. The second-order valence-corrected chi connectivity index (χ2v) is 5.45. The number of carbonyl (C=O) groups is 3. The molecule has 0 N–H and O–H groups in total. The number of hydrogen-bond acceptors (Lipinski definition) is 9. The fraction of sp³-hybridized carbons (Fsp3) is 0.550. The van der Waals surface area contributed by atoms with Gasteiger partial charge in [-0.2, -0.15) is 0 Å². The van der Waals surface area contributed by atoms with Crippen molar-refractivity contribution in [1.29, 1.82) is 0 Å². The van der Waals surface area contributed by atoms with Crippen LogP contribution in [0.4, 0.5) is 0 Å². The highest BCUT2D eigenvalue weighted by Gasteiger charge is 2.02. The molecule has 0 aromatic heterocycles. The molecule has 0 rings (SSSR count). The predicted molar refractivity (Wildman–Crippen MR) is 106 cm³/mol. The molecule has 9 heteroatoms. The van der Waals surface area contributed by atoms with Crippen molar-refractivity contribution in [2.75, 3.05) is 52.9 Å². The maximum absolute atomic E-state index is 11.0. The van der Waals surface area contributed by atoms with E-state index in [0.29, 0.717) is 50.8 Å². The second kappa shape index (κ2) is 20.2. The number of carbonyl (C=O) groups excluding carboxylic acids is 3. The summed E-state index contributed by atoms with van der Waals surface area (Å²) in [5, 5.41) is 0. The molecule has 0 atom stereocenters. The number of hydrogen-bond donors (Lipinski definition) is 0. The summed E-state index contributed by atoms with van der Waals surface area (Å²) in [5.41, 5.74) is 0.727. The lowest BCUT2D eigenvalue weighted by Gasteiger charge is -2.08. The van der Waals surface area contributed by atoms with Crippen LogP contribution in [0.2, 0.25) is 0 Å². The molecular weight excluding hydrogens is 384 g/mol. The van der Waals surface area contributed by atoms with Gasteiger partial charge in [0.1, 0.15) is 13.2 Å². The molecule has 0 saturated heterocycles. The van der Waals surface area contributed by atoms with Crippen LogP contribution in [0.1, 0.15) is 20.8 Å². The van der Waals surface area contributed by atoms with E-state index in [0.717, 1.165) is 6.26 Å². The van der Waals surface area contributed by atoms with Crippen molar-refractivity contribution < 1.29 is 42.8 Å². The molecule has 0 amide bonds. The Morgan fingerprint density at radius 3 is 1.17 bits per heavy atom. The normalized spacial score (nSPS) is 9.48. The van der Waals surface area contributed by atoms with E-state index in [1.165, 1.54) is 6.92 Å². The van der Waals surface area contributed by atoms with E-state index in [1.807, 2.05) is 0 Å². The van der Waals surface area contributed by atoms with Crippen molar-refractivity contribution in [2.24, 2.45) is 0 Å². The van der Waals surface area contributed by atoms with E-state index in [2.05, 4.69) is 24.5 Å². The Bertz CT molecular complexity index is 490. The van der Waals surface area contributed by atoms with Gasteiger partial charge < -0.3 is 28.4 Å². The van der Waals surface area contributed by atoms with Crippen LogP contribution in [0.3, 0.4) is 0 Å². The highest BCUT2D eigenvalue weighted by atomic mass is 16.6. The van der Waals surface area contributed by atoms with Gasteiger partial charge in [0.2, 0.25) is 0 Å². The first-order chi connectivity index (χ1) is 13.7. The van der Waals surface area contributed by atoms with Crippen LogP contribution < -0.4 is 0 Å². The van der Waals surface area contributed by atoms with Crippen molar-refractivity contribution in [1.82, 2.24) is 0 Å². The molecule has 0 aromatic rings. The van der Waals surface area contributed by atoms with Crippen LogP contribution in [0.15, 0.2) is 37.1 Å². The van der Waals surface area contributed by atoms with Gasteiger partial charge in [0.05, 0.1) is 45.9 Å². The third kappa shape index (κ3) is 23.5. The zero-order valence-corrected chi connectivity index (χ0v) is 17.5. The lowest BCUT2D eigenvalue weighted by atomic mass is 10.4. The molecule has 0 spiro atoms. The van der Waals surface area contributed by atoms with Crippen molar-refractivity contribution in [3.63, 3.8) is 0 Å². The van der Waals surface area contributed by atoms with Gasteiger partial charge >= 0.3 is 17.9 Å². The minimum atomic E-state index is -0.420. The van der Waals surface area contributed by atoms with E-state index >= 15 is 0 Å².